The number of likely N-dealkylation sites (N-methyl/N-ethyl adjacent to an activating group) is 1. The Morgan fingerprint density at radius 1 is 1.03 bits per heavy atom. The number of benzene rings is 2. The Bertz CT molecular complexity index is 1070. The van der Waals surface area contributed by atoms with Crippen LogP contribution in [-0.2, 0) is 17.9 Å². The standard InChI is InChI=1S/C25H33N5O2/c1-4-28-12-14-29(15-13-28)17-24-27-21-16-20(10-11-22(21)30(24)5-2)26-25(31)18-32-23-9-7-6-8-19(23)3/h6-11,16H,4-5,12-15,17-18H2,1-3H3,(H,26,31). The van der Waals surface area contributed by atoms with Gasteiger partial charge >= 0.3 is 0 Å². The molecule has 1 aliphatic rings. The lowest BCUT2D eigenvalue weighted by Gasteiger charge is -2.33. The van der Waals surface area contributed by atoms with Gasteiger partial charge in [-0.2, -0.15) is 0 Å². The lowest BCUT2D eigenvalue weighted by molar-refractivity contribution is -0.118. The first-order valence-electron chi connectivity index (χ1n) is 11.5. The van der Waals surface area contributed by atoms with Gasteiger partial charge < -0.3 is 19.5 Å². The fraction of sp³-hybridized carbons (Fsp3) is 0.440. The van der Waals surface area contributed by atoms with Gasteiger partial charge in [0, 0.05) is 38.4 Å². The van der Waals surface area contributed by atoms with Crippen molar-refractivity contribution in [1.29, 1.82) is 0 Å². The number of anilines is 1. The molecule has 7 heteroatoms. The molecule has 2 heterocycles. The second-order valence-electron chi connectivity index (χ2n) is 8.29. The number of fused-ring (bicyclic) bond motifs is 1. The maximum atomic E-state index is 12.4. The quantitative estimate of drug-likeness (QED) is 0.587. The zero-order valence-corrected chi connectivity index (χ0v) is 19.3. The van der Waals surface area contributed by atoms with Crippen LogP contribution in [0.3, 0.4) is 0 Å². The van der Waals surface area contributed by atoms with Crippen LogP contribution in [0.25, 0.3) is 11.0 Å². The first kappa shape index (κ1) is 22.3. The topological polar surface area (TPSA) is 62.6 Å². The number of nitrogens with zero attached hydrogens (tertiary/aromatic N) is 4. The number of piperazine rings is 1. The Hall–Kier alpha value is -2.90. The molecule has 2 aromatic carbocycles. The summed E-state index contributed by atoms with van der Waals surface area (Å²) in [7, 11) is 0. The molecule has 7 nitrogen and oxygen atoms in total. The van der Waals surface area contributed by atoms with Crippen molar-refractivity contribution in [3.63, 3.8) is 0 Å². The molecule has 1 N–H and O–H groups in total. The van der Waals surface area contributed by atoms with Gasteiger partial charge in [-0.1, -0.05) is 25.1 Å². The van der Waals surface area contributed by atoms with Crippen molar-refractivity contribution < 1.29 is 9.53 Å². The van der Waals surface area contributed by atoms with Gasteiger partial charge in [-0.3, -0.25) is 9.69 Å². The van der Waals surface area contributed by atoms with E-state index in [1.807, 2.05) is 49.4 Å². The average Bonchev–Trinajstić information content (AvgIpc) is 3.15. The number of aromatic nitrogens is 2. The minimum absolute atomic E-state index is 0.0265. The summed E-state index contributed by atoms with van der Waals surface area (Å²) in [6.45, 7) is 13.5. The van der Waals surface area contributed by atoms with Crippen LogP contribution in [-0.4, -0.2) is 64.6 Å². The smallest absolute Gasteiger partial charge is 0.262 e. The van der Waals surface area contributed by atoms with Gasteiger partial charge in [-0.25, -0.2) is 4.98 Å². The number of rotatable bonds is 8. The molecule has 1 saturated heterocycles. The molecule has 0 aliphatic carbocycles. The highest BCUT2D eigenvalue weighted by Crippen LogP contribution is 2.22. The summed E-state index contributed by atoms with van der Waals surface area (Å²) in [5, 5.41) is 2.93. The third-order valence-corrected chi connectivity index (χ3v) is 6.16. The van der Waals surface area contributed by atoms with Crippen molar-refractivity contribution in [3.05, 3.63) is 53.9 Å². The molecule has 1 aliphatic heterocycles. The highest BCUT2D eigenvalue weighted by Gasteiger charge is 2.19. The van der Waals surface area contributed by atoms with Gasteiger partial charge in [0.15, 0.2) is 6.61 Å². The van der Waals surface area contributed by atoms with Crippen LogP contribution in [0.5, 0.6) is 5.75 Å². The van der Waals surface area contributed by atoms with Gasteiger partial charge in [0.2, 0.25) is 0 Å². The van der Waals surface area contributed by atoms with Crippen molar-refractivity contribution >= 4 is 22.6 Å². The number of ether oxygens (including phenoxy) is 1. The van der Waals surface area contributed by atoms with E-state index < -0.39 is 0 Å². The number of nitrogens with one attached hydrogen (secondary N) is 1. The SMILES string of the molecule is CCN1CCN(Cc2nc3cc(NC(=O)COc4ccccc4C)ccc3n2CC)CC1. The molecule has 0 saturated carbocycles. The largest absolute Gasteiger partial charge is 0.483 e. The Balaban J connectivity index is 1.42. The molecule has 170 valence electrons. The first-order valence-corrected chi connectivity index (χ1v) is 11.5. The third-order valence-electron chi connectivity index (χ3n) is 6.16. The number of amides is 1. The number of aryl methyl sites for hydroxylation is 2. The van der Waals surface area contributed by atoms with Crippen LogP contribution in [0.4, 0.5) is 5.69 Å². The Kier molecular flexibility index (Phi) is 7.07. The van der Waals surface area contributed by atoms with E-state index >= 15 is 0 Å². The van der Waals surface area contributed by atoms with E-state index in [1.54, 1.807) is 0 Å². The van der Waals surface area contributed by atoms with Gasteiger partial charge in [0.25, 0.3) is 5.91 Å². The van der Waals surface area contributed by atoms with Crippen LogP contribution < -0.4 is 10.1 Å². The van der Waals surface area contributed by atoms with Crippen LogP contribution >= 0.6 is 0 Å². The monoisotopic (exact) mass is 435 g/mol. The van der Waals surface area contributed by atoms with Crippen molar-refractivity contribution in [2.45, 2.75) is 33.9 Å². The van der Waals surface area contributed by atoms with Crippen LogP contribution in [0.15, 0.2) is 42.5 Å². The number of carbonyl (C=O) groups is 1. The predicted molar refractivity (Wildman–Crippen MR) is 128 cm³/mol. The maximum Gasteiger partial charge on any atom is 0.262 e. The third kappa shape index (κ3) is 5.11. The van der Waals surface area contributed by atoms with Crippen LogP contribution in [0.1, 0.15) is 25.2 Å². The number of hydrogen-bond acceptors (Lipinski definition) is 5. The van der Waals surface area contributed by atoms with Crippen LogP contribution in [0, 0.1) is 6.92 Å². The average molecular weight is 436 g/mol. The molecule has 32 heavy (non-hydrogen) atoms. The number of hydrogen-bond donors (Lipinski definition) is 1. The van der Waals surface area contributed by atoms with Crippen LogP contribution in [0.2, 0.25) is 0 Å². The maximum absolute atomic E-state index is 12.4. The molecular formula is C25H33N5O2. The summed E-state index contributed by atoms with van der Waals surface area (Å²) in [5.74, 6) is 1.62. The molecule has 0 unspecified atom stereocenters. The molecule has 4 rings (SSSR count). The van der Waals surface area contributed by atoms with Crippen molar-refractivity contribution in [1.82, 2.24) is 19.4 Å². The number of carbonyl (C=O) groups excluding carboxylic acids is 1. The zero-order chi connectivity index (χ0) is 22.5. The molecule has 0 spiro atoms. The van der Waals surface area contributed by atoms with E-state index in [9.17, 15) is 4.79 Å². The first-order chi connectivity index (χ1) is 15.6. The molecule has 1 amide bonds. The highest BCUT2D eigenvalue weighted by molar-refractivity contribution is 5.94. The highest BCUT2D eigenvalue weighted by atomic mass is 16.5. The molecule has 0 radical (unpaired) electrons. The van der Waals surface area contributed by atoms with Gasteiger partial charge in [-0.05, 0) is 50.2 Å². The van der Waals surface area contributed by atoms with Gasteiger partial charge in [0.1, 0.15) is 11.6 Å². The van der Waals surface area contributed by atoms with Crippen molar-refractivity contribution in [2.75, 3.05) is 44.6 Å². The van der Waals surface area contributed by atoms with Gasteiger partial charge in [-0.15, -0.1) is 0 Å². The molecule has 0 bridgehead atoms. The predicted octanol–water partition coefficient (Wildman–Crippen LogP) is 3.52. The second kappa shape index (κ2) is 10.1. The fourth-order valence-corrected chi connectivity index (χ4v) is 4.25. The Morgan fingerprint density at radius 2 is 1.78 bits per heavy atom. The van der Waals surface area contributed by atoms with E-state index in [0.717, 1.165) is 79.7 Å². The molecule has 0 atom stereocenters. The normalized spacial score (nSPS) is 15.2. The van der Waals surface area contributed by atoms with Crippen molar-refractivity contribution in [3.8, 4) is 5.75 Å². The fourth-order valence-electron chi connectivity index (χ4n) is 4.25. The summed E-state index contributed by atoms with van der Waals surface area (Å²) in [5.41, 5.74) is 3.76. The van der Waals surface area contributed by atoms with E-state index in [0.29, 0.717) is 0 Å². The zero-order valence-electron chi connectivity index (χ0n) is 19.3. The lowest BCUT2D eigenvalue weighted by Crippen LogP contribution is -2.45. The van der Waals surface area contributed by atoms with E-state index in [4.69, 9.17) is 9.72 Å². The summed E-state index contributed by atoms with van der Waals surface area (Å²) in [6.07, 6.45) is 0. The summed E-state index contributed by atoms with van der Waals surface area (Å²) < 4.78 is 7.93. The van der Waals surface area contributed by atoms with E-state index in [1.165, 1.54) is 0 Å². The summed E-state index contributed by atoms with van der Waals surface area (Å²) in [6, 6.07) is 13.6. The second-order valence-corrected chi connectivity index (χ2v) is 8.29. The molecular weight excluding hydrogens is 402 g/mol. The minimum Gasteiger partial charge on any atom is -0.483 e. The Labute approximate surface area is 190 Å². The van der Waals surface area contributed by atoms with Crippen molar-refractivity contribution in [2.24, 2.45) is 0 Å². The minimum atomic E-state index is -0.184. The van der Waals surface area contributed by atoms with E-state index in [2.05, 4.69) is 33.5 Å². The molecule has 1 aromatic heterocycles. The lowest BCUT2D eigenvalue weighted by atomic mass is 10.2. The number of para-hydroxylation sites is 1. The number of imidazole rings is 1. The van der Waals surface area contributed by atoms with Gasteiger partial charge in [0.05, 0.1) is 17.6 Å². The van der Waals surface area contributed by atoms with E-state index in [-0.39, 0.29) is 12.5 Å². The molecule has 3 aromatic rings. The summed E-state index contributed by atoms with van der Waals surface area (Å²) in [4.78, 5) is 22.3. The Morgan fingerprint density at radius 3 is 2.50 bits per heavy atom. The molecule has 1 fully saturated rings. The summed E-state index contributed by atoms with van der Waals surface area (Å²) >= 11 is 0.